The Kier molecular flexibility index (Phi) is 3.95. The number of aromatic nitrogens is 1. The van der Waals surface area contributed by atoms with Gasteiger partial charge in [-0.1, -0.05) is 18.2 Å². The molecule has 1 aliphatic rings. The summed E-state index contributed by atoms with van der Waals surface area (Å²) in [6, 6.07) is 10.4. The predicted octanol–water partition coefficient (Wildman–Crippen LogP) is 5.01. The molecule has 0 saturated carbocycles. The number of nitrogens with zero attached hydrogens (tertiary/aromatic N) is 1. The topological polar surface area (TPSA) is 60.5 Å². The lowest BCUT2D eigenvalue weighted by molar-refractivity contribution is -0.136. The molecule has 4 rings (SSSR count). The molecule has 0 spiro atoms. The molecule has 0 atom stereocenters. The highest BCUT2D eigenvalue weighted by molar-refractivity contribution is 6.08. The summed E-state index contributed by atoms with van der Waals surface area (Å²) in [6.45, 7) is 3.45. The zero-order valence-electron chi connectivity index (χ0n) is 14.9. The van der Waals surface area contributed by atoms with Crippen molar-refractivity contribution >= 4 is 22.5 Å². The van der Waals surface area contributed by atoms with Crippen LogP contribution in [0.4, 0.5) is 18.9 Å². The minimum atomic E-state index is -4.71. The summed E-state index contributed by atoms with van der Waals surface area (Å²) < 4.78 is 52.2. The first-order valence-electron chi connectivity index (χ1n) is 8.42. The Morgan fingerprint density at radius 1 is 1.07 bits per heavy atom. The van der Waals surface area contributed by atoms with Crippen molar-refractivity contribution in [2.24, 2.45) is 0 Å². The van der Waals surface area contributed by atoms with E-state index < -0.39 is 29.0 Å². The van der Waals surface area contributed by atoms with Gasteiger partial charge in [0.15, 0.2) is 11.5 Å². The van der Waals surface area contributed by atoms with Gasteiger partial charge in [0.1, 0.15) is 0 Å². The molecule has 1 amide bonds. The lowest BCUT2D eigenvalue weighted by Gasteiger charge is -2.16. The SMILES string of the molecule is CC1(C)Oc2ccc(NC(=O)c3cnc4ccccc4c3C(F)(F)F)cc2O1. The summed E-state index contributed by atoms with van der Waals surface area (Å²) in [4.78, 5) is 16.6. The van der Waals surface area contributed by atoms with E-state index in [0.29, 0.717) is 11.5 Å². The molecule has 0 unspecified atom stereocenters. The van der Waals surface area contributed by atoms with Crippen LogP contribution in [0.15, 0.2) is 48.7 Å². The number of pyridine rings is 1. The Morgan fingerprint density at radius 3 is 2.54 bits per heavy atom. The number of carbonyl (C=O) groups is 1. The molecule has 5 nitrogen and oxygen atoms in total. The van der Waals surface area contributed by atoms with Crippen molar-refractivity contribution in [2.45, 2.75) is 25.8 Å². The number of benzene rings is 2. The molecule has 0 bridgehead atoms. The van der Waals surface area contributed by atoms with Crippen LogP contribution in [0.3, 0.4) is 0 Å². The first kappa shape index (κ1) is 18.1. The standard InChI is InChI=1S/C20H15F3N2O3/c1-19(2)27-15-8-7-11(9-16(15)28-19)25-18(26)13-10-24-14-6-4-3-5-12(14)17(13)20(21,22)23/h3-10H,1-2H3,(H,25,26). The van der Waals surface area contributed by atoms with Crippen LogP contribution in [0.2, 0.25) is 0 Å². The molecular weight excluding hydrogens is 373 g/mol. The molecule has 1 N–H and O–H groups in total. The van der Waals surface area contributed by atoms with Gasteiger partial charge in [0.05, 0.1) is 16.6 Å². The molecule has 1 aliphatic heterocycles. The molecule has 144 valence electrons. The van der Waals surface area contributed by atoms with Gasteiger partial charge in [-0.05, 0) is 18.2 Å². The molecule has 3 aromatic rings. The summed E-state index contributed by atoms with van der Waals surface area (Å²) >= 11 is 0. The summed E-state index contributed by atoms with van der Waals surface area (Å²) in [6.07, 6.45) is -3.77. The fourth-order valence-electron chi connectivity index (χ4n) is 3.12. The number of hydrogen-bond acceptors (Lipinski definition) is 4. The number of rotatable bonds is 2. The monoisotopic (exact) mass is 388 g/mol. The Labute approximate surface area is 158 Å². The second-order valence-electron chi connectivity index (χ2n) is 6.78. The van der Waals surface area contributed by atoms with Crippen LogP contribution in [0.25, 0.3) is 10.9 Å². The number of amides is 1. The number of halogens is 3. The Balaban J connectivity index is 1.71. The van der Waals surface area contributed by atoms with Gasteiger partial charge < -0.3 is 14.8 Å². The maximum Gasteiger partial charge on any atom is 0.417 e. The maximum absolute atomic E-state index is 13.7. The third-order valence-electron chi connectivity index (χ3n) is 4.22. The zero-order chi connectivity index (χ0) is 20.1. The van der Waals surface area contributed by atoms with Gasteiger partial charge in [-0.25, -0.2) is 0 Å². The predicted molar refractivity (Wildman–Crippen MR) is 96.5 cm³/mol. The third-order valence-corrected chi connectivity index (χ3v) is 4.22. The van der Waals surface area contributed by atoms with E-state index in [1.165, 1.54) is 30.3 Å². The normalized spacial score (nSPS) is 14.9. The fourth-order valence-corrected chi connectivity index (χ4v) is 3.12. The number of nitrogens with one attached hydrogen (secondary N) is 1. The highest BCUT2D eigenvalue weighted by Gasteiger charge is 2.38. The van der Waals surface area contributed by atoms with E-state index in [2.05, 4.69) is 10.3 Å². The van der Waals surface area contributed by atoms with Crippen molar-refractivity contribution in [3.05, 3.63) is 59.8 Å². The smallest absolute Gasteiger partial charge is 0.417 e. The summed E-state index contributed by atoms with van der Waals surface area (Å²) in [5.74, 6) is -0.873. The van der Waals surface area contributed by atoms with Crippen molar-refractivity contribution in [3.8, 4) is 11.5 Å². The van der Waals surface area contributed by atoms with Gasteiger partial charge in [0.2, 0.25) is 5.79 Å². The fraction of sp³-hybridized carbons (Fsp3) is 0.200. The van der Waals surface area contributed by atoms with E-state index in [0.717, 1.165) is 6.20 Å². The summed E-state index contributed by atoms with van der Waals surface area (Å²) in [5, 5.41) is 2.35. The number of carbonyl (C=O) groups excluding carboxylic acids is 1. The maximum atomic E-state index is 13.7. The average Bonchev–Trinajstić information content (AvgIpc) is 2.92. The van der Waals surface area contributed by atoms with Gasteiger partial charge in [0, 0.05) is 37.2 Å². The number of hydrogen-bond donors (Lipinski definition) is 1. The van der Waals surface area contributed by atoms with Gasteiger partial charge in [-0.15, -0.1) is 0 Å². The molecule has 28 heavy (non-hydrogen) atoms. The molecule has 8 heteroatoms. The highest BCUT2D eigenvalue weighted by Crippen LogP contribution is 2.41. The molecular formula is C20H15F3N2O3. The summed E-state index contributed by atoms with van der Waals surface area (Å²) in [5.41, 5.74) is -1.12. The van der Waals surface area contributed by atoms with Gasteiger partial charge in [-0.3, -0.25) is 9.78 Å². The van der Waals surface area contributed by atoms with E-state index in [-0.39, 0.29) is 16.6 Å². The van der Waals surface area contributed by atoms with Gasteiger partial charge in [0.25, 0.3) is 5.91 Å². The van der Waals surface area contributed by atoms with E-state index in [1.807, 2.05) is 0 Å². The van der Waals surface area contributed by atoms with Crippen molar-refractivity contribution < 1.29 is 27.4 Å². The van der Waals surface area contributed by atoms with E-state index >= 15 is 0 Å². The minimum Gasteiger partial charge on any atom is -0.449 e. The Bertz CT molecular complexity index is 1090. The Hall–Kier alpha value is -3.29. The van der Waals surface area contributed by atoms with Crippen LogP contribution >= 0.6 is 0 Å². The molecule has 2 heterocycles. The number of fused-ring (bicyclic) bond motifs is 2. The van der Waals surface area contributed by atoms with Crippen LogP contribution in [-0.4, -0.2) is 16.7 Å². The zero-order valence-corrected chi connectivity index (χ0v) is 14.9. The highest BCUT2D eigenvalue weighted by atomic mass is 19.4. The van der Waals surface area contributed by atoms with E-state index in [4.69, 9.17) is 9.47 Å². The average molecular weight is 388 g/mol. The van der Waals surface area contributed by atoms with Gasteiger partial charge >= 0.3 is 6.18 Å². The van der Waals surface area contributed by atoms with E-state index in [1.54, 1.807) is 26.0 Å². The van der Waals surface area contributed by atoms with Crippen molar-refractivity contribution in [1.29, 1.82) is 0 Å². The second kappa shape index (κ2) is 6.12. The van der Waals surface area contributed by atoms with Crippen LogP contribution in [-0.2, 0) is 6.18 Å². The lowest BCUT2D eigenvalue weighted by Crippen LogP contribution is -2.29. The molecule has 0 radical (unpaired) electrons. The van der Waals surface area contributed by atoms with Crippen molar-refractivity contribution in [1.82, 2.24) is 4.98 Å². The number of ether oxygens (including phenoxy) is 2. The van der Waals surface area contributed by atoms with Crippen LogP contribution in [0.5, 0.6) is 11.5 Å². The van der Waals surface area contributed by atoms with E-state index in [9.17, 15) is 18.0 Å². The molecule has 0 saturated heterocycles. The molecule has 1 aromatic heterocycles. The number of para-hydroxylation sites is 1. The van der Waals surface area contributed by atoms with Crippen molar-refractivity contribution in [2.75, 3.05) is 5.32 Å². The third kappa shape index (κ3) is 3.21. The van der Waals surface area contributed by atoms with Crippen LogP contribution in [0, 0.1) is 0 Å². The first-order valence-corrected chi connectivity index (χ1v) is 8.42. The molecule has 0 aliphatic carbocycles. The largest absolute Gasteiger partial charge is 0.449 e. The first-order chi connectivity index (χ1) is 13.1. The second-order valence-corrected chi connectivity index (χ2v) is 6.78. The van der Waals surface area contributed by atoms with Crippen molar-refractivity contribution in [3.63, 3.8) is 0 Å². The lowest BCUT2D eigenvalue weighted by atomic mass is 10.0. The molecule has 2 aromatic carbocycles. The quantitative estimate of drug-likeness (QED) is 0.670. The van der Waals surface area contributed by atoms with Gasteiger partial charge in [-0.2, -0.15) is 13.2 Å². The minimum absolute atomic E-state index is 0.130. The van der Waals surface area contributed by atoms with Crippen LogP contribution in [0.1, 0.15) is 29.8 Å². The molecule has 0 fully saturated rings. The Morgan fingerprint density at radius 2 is 1.79 bits per heavy atom. The summed E-state index contributed by atoms with van der Waals surface area (Å²) in [7, 11) is 0. The number of alkyl halides is 3. The number of anilines is 1. The van der Waals surface area contributed by atoms with Crippen LogP contribution < -0.4 is 14.8 Å².